The number of pyridine rings is 1. The molecule has 17 heavy (non-hydrogen) atoms. The van der Waals surface area contributed by atoms with E-state index in [4.69, 9.17) is 0 Å². The van der Waals surface area contributed by atoms with E-state index in [1.165, 1.54) is 24.7 Å². The number of amides is 1. The third-order valence-corrected chi connectivity index (χ3v) is 2.16. The zero-order valence-corrected chi connectivity index (χ0v) is 8.93. The smallest absolute Gasteiger partial charge is 0.252 e. The molecule has 0 spiro atoms. The summed E-state index contributed by atoms with van der Waals surface area (Å²) in [6, 6.07) is 2.79. The highest BCUT2D eigenvalue weighted by atomic mass is 16.1. The Morgan fingerprint density at radius 2 is 2.29 bits per heavy atom. The summed E-state index contributed by atoms with van der Waals surface area (Å²) in [5, 5.41) is 9.11. The molecular weight excluding hydrogens is 222 g/mol. The molecule has 0 radical (unpaired) electrons. The molecule has 88 valence electrons. The summed E-state index contributed by atoms with van der Waals surface area (Å²) in [4.78, 5) is 28.8. The first-order valence-electron chi connectivity index (χ1n) is 5.07. The molecule has 0 atom stereocenters. The van der Waals surface area contributed by atoms with Crippen molar-refractivity contribution in [2.75, 3.05) is 6.54 Å². The van der Waals surface area contributed by atoms with Gasteiger partial charge in [-0.05, 0) is 6.07 Å². The molecule has 7 nitrogen and oxygen atoms in total. The van der Waals surface area contributed by atoms with Crippen LogP contribution in [-0.2, 0) is 6.42 Å². The number of nitrogens with zero attached hydrogens (tertiary/aromatic N) is 2. The third-order valence-electron chi connectivity index (χ3n) is 2.16. The molecule has 1 amide bonds. The quantitative estimate of drug-likeness (QED) is 0.660. The summed E-state index contributed by atoms with van der Waals surface area (Å²) < 4.78 is 0. The molecule has 0 aliphatic carbocycles. The van der Waals surface area contributed by atoms with Crippen molar-refractivity contribution < 1.29 is 4.79 Å². The fourth-order valence-electron chi connectivity index (χ4n) is 1.30. The van der Waals surface area contributed by atoms with Crippen molar-refractivity contribution in [1.82, 2.24) is 25.5 Å². The predicted molar refractivity (Wildman–Crippen MR) is 59.5 cm³/mol. The van der Waals surface area contributed by atoms with Gasteiger partial charge in [0, 0.05) is 25.2 Å². The second kappa shape index (κ2) is 5.06. The van der Waals surface area contributed by atoms with E-state index < -0.39 is 0 Å². The van der Waals surface area contributed by atoms with Gasteiger partial charge in [0.05, 0.1) is 5.56 Å². The lowest BCUT2D eigenvalue weighted by molar-refractivity contribution is 0.0953. The Hall–Kier alpha value is -2.44. The SMILES string of the molecule is O=C(NCCc1ncn[nH]1)c1ccc(=O)[nH]c1. The van der Waals surface area contributed by atoms with Gasteiger partial charge in [0.2, 0.25) is 5.56 Å². The number of H-pyrrole nitrogens is 2. The molecule has 2 aromatic heterocycles. The van der Waals surface area contributed by atoms with Crippen molar-refractivity contribution in [3.8, 4) is 0 Å². The monoisotopic (exact) mass is 233 g/mol. The molecular formula is C10H11N5O2. The molecule has 2 heterocycles. The standard InChI is InChI=1S/C10H11N5O2/c16-9-2-1-7(5-12-9)10(17)11-4-3-8-13-6-14-15-8/h1-2,5-6H,3-4H2,(H,11,17)(H,12,16)(H,13,14,15). The van der Waals surface area contributed by atoms with Crippen LogP contribution in [0.15, 0.2) is 29.5 Å². The number of aromatic nitrogens is 4. The van der Waals surface area contributed by atoms with E-state index in [1.807, 2.05) is 0 Å². The molecule has 3 N–H and O–H groups in total. The van der Waals surface area contributed by atoms with Crippen LogP contribution in [0.5, 0.6) is 0 Å². The number of nitrogens with one attached hydrogen (secondary N) is 3. The number of hydrogen-bond acceptors (Lipinski definition) is 4. The Labute approximate surface area is 96.3 Å². The van der Waals surface area contributed by atoms with Crippen molar-refractivity contribution in [3.05, 3.63) is 46.4 Å². The summed E-state index contributed by atoms with van der Waals surface area (Å²) >= 11 is 0. The maximum absolute atomic E-state index is 11.6. The Balaban J connectivity index is 1.85. The van der Waals surface area contributed by atoms with Crippen LogP contribution < -0.4 is 10.9 Å². The van der Waals surface area contributed by atoms with Gasteiger partial charge in [0.1, 0.15) is 12.2 Å². The first-order chi connectivity index (χ1) is 8.25. The maximum atomic E-state index is 11.6. The van der Waals surface area contributed by atoms with E-state index in [0.29, 0.717) is 24.4 Å². The first-order valence-corrected chi connectivity index (χ1v) is 5.07. The molecule has 0 saturated heterocycles. The Kier molecular flexibility index (Phi) is 3.29. The highest BCUT2D eigenvalue weighted by Crippen LogP contribution is 1.93. The lowest BCUT2D eigenvalue weighted by Crippen LogP contribution is -2.26. The number of hydrogen-bond donors (Lipinski definition) is 3. The number of rotatable bonds is 4. The van der Waals surface area contributed by atoms with Crippen LogP contribution in [-0.4, -0.2) is 32.6 Å². The molecule has 0 aromatic carbocycles. The van der Waals surface area contributed by atoms with Crippen LogP contribution >= 0.6 is 0 Å². The van der Waals surface area contributed by atoms with Crippen molar-refractivity contribution >= 4 is 5.91 Å². The van der Waals surface area contributed by atoms with E-state index in [2.05, 4.69) is 25.5 Å². The lowest BCUT2D eigenvalue weighted by Gasteiger charge is -2.02. The zero-order chi connectivity index (χ0) is 12.1. The van der Waals surface area contributed by atoms with Crippen LogP contribution in [0.2, 0.25) is 0 Å². The molecule has 0 bridgehead atoms. The molecule has 0 fully saturated rings. The molecule has 2 rings (SSSR count). The van der Waals surface area contributed by atoms with E-state index in [0.717, 1.165) is 0 Å². The number of carbonyl (C=O) groups excluding carboxylic acids is 1. The van der Waals surface area contributed by atoms with Crippen molar-refractivity contribution in [2.45, 2.75) is 6.42 Å². The molecule has 0 saturated carbocycles. The van der Waals surface area contributed by atoms with E-state index in [-0.39, 0.29) is 11.5 Å². The van der Waals surface area contributed by atoms with Gasteiger partial charge in [0.15, 0.2) is 0 Å². The van der Waals surface area contributed by atoms with Gasteiger partial charge < -0.3 is 10.3 Å². The average molecular weight is 233 g/mol. The maximum Gasteiger partial charge on any atom is 0.252 e. The minimum atomic E-state index is -0.235. The van der Waals surface area contributed by atoms with Crippen LogP contribution in [0.3, 0.4) is 0 Å². The molecule has 0 unspecified atom stereocenters. The van der Waals surface area contributed by atoms with Crippen LogP contribution in [0, 0.1) is 0 Å². The van der Waals surface area contributed by atoms with Gasteiger partial charge in [-0.1, -0.05) is 0 Å². The predicted octanol–water partition coefficient (Wildman–Crippen LogP) is -0.535. The largest absolute Gasteiger partial charge is 0.352 e. The van der Waals surface area contributed by atoms with Gasteiger partial charge in [-0.25, -0.2) is 4.98 Å². The van der Waals surface area contributed by atoms with Gasteiger partial charge in [0.25, 0.3) is 5.91 Å². The number of aromatic amines is 2. The highest BCUT2D eigenvalue weighted by molar-refractivity contribution is 5.93. The summed E-state index contributed by atoms with van der Waals surface area (Å²) in [5.41, 5.74) is 0.186. The van der Waals surface area contributed by atoms with Gasteiger partial charge in [-0.15, -0.1) is 0 Å². The zero-order valence-electron chi connectivity index (χ0n) is 8.93. The van der Waals surface area contributed by atoms with Crippen molar-refractivity contribution in [3.63, 3.8) is 0 Å². The Morgan fingerprint density at radius 3 is 2.94 bits per heavy atom. The second-order valence-electron chi connectivity index (χ2n) is 3.38. The van der Waals surface area contributed by atoms with Crippen LogP contribution in [0.25, 0.3) is 0 Å². The van der Waals surface area contributed by atoms with E-state index in [9.17, 15) is 9.59 Å². The van der Waals surface area contributed by atoms with Crippen molar-refractivity contribution in [2.24, 2.45) is 0 Å². The fourth-order valence-corrected chi connectivity index (χ4v) is 1.30. The summed E-state index contributed by atoms with van der Waals surface area (Å²) in [6.45, 7) is 0.452. The topological polar surface area (TPSA) is 104 Å². The van der Waals surface area contributed by atoms with Crippen molar-refractivity contribution in [1.29, 1.82) is 0 Å². The fraction of sp³-hybridized carbons (Fsp3) is 0.200. The minimum absolute atomic E-state index is 0.233. The molecule has 0 aliphatic rings. The first kappa shape index (κ1) is 11.1. The summed E-state index contributed by atoms with van der Waals surface area (Å²) in [6.07, 6.45) is 3.38. The molecule has 7 heteroatoms. The Bertz CT molecular complexity index is 526. The molecule has 0 aliphatic heterocycles. The van der Waals surface area contributed by atoms with Crippen LogP contribution in [0.1, 0.15) is 16.2 Å². The Morgan fingerprint density at radius 1 is 1.41 bits per heavy atom. The molecule has 2 aromatic rings. The third kappa shape index (κ3) is 3.00. The lowest BCUT2D eigenvalue weighted by atomic mass is 10.2. The summed E-state index contributed by atoms with van der Waals surface area (Å²) in [5.74, 6) is 0.479. The minimum Gasteiger partial charge on any atom is -0.352 e. The van der Waals surface area contributed by atoms with Gasteiger partial charge in [-0.2, -0.15) is 5.10 Å². The van der Waals surface area contributed by atoms with Gasteiger partial charge >= 0.3 is 0 Å². The van der Waals surface area contributed by atoms with Crippen LogP contribution in [0.4, 0.5) is 0 Å². The highest BCUT2D eigenvalue weighted by Gasteiger charge is 2.04. The van der Waals surface area contributed by atoms with E-state index >= 15 is 0 Å². The van der Waals surface area contributed by atoms with Gasteiger partial charge in [-0.3, -0.25) is 14.7 Å². The second-order valence-corrected chi connectivity index (χ2v) is 3.38. The number of carbonyl (C=O) groups is 1. The normalized spacial score (nSPS) is 10.1. The van der Waals surface area contributed by atoms with E-state index in [1.54, 1.807) is 0 Å². The average Bonchev–Trinajstić information content (AvgIpc) is 2.83. The summed E-state index contributed by atoms with van der Waals surface area (Å²) in [7, 11) is 0.